The molecule has 1 heterocycles. The van der Waals surface area contributed by atoms with Crippen LogP contribution in [0.15, 0.2) is 29.4 Å². The standard InChI is InChI=1S/C6H5BrN/c1-5-6(7)3-2-4-8-5/h2-4H,1H2/q+1. The molecule has 0 aromatic rings. The van der Waals surface area contributed by atoms with Gasteiger partial charge in [0.1, 0.15) is 4.83 Å². The van der Waals surface area contributed by atoms with Crippen molar-refractivity contribution in [2.75, 3.05) is 0 Å². The van der Waals surface area contributed by atoms with Crippen molar-refractivity contribution in [3.05, 3.63) is 29.3 Å². The highest BCUT2D eigenvalue weighted by Crippen LogP contribution is 2.23. The number of hydrogen-bond acceptors (Lipinski definition) is 1. The van der Waals surface area contributed by atoms with Crippen LogP contribution in [0.5, 0.6) is 0 Å². The van der Waals surface area contributed by atoms with Crippen LogP contribution in [0.4, 0.5) is 0 Å². The first-order chi connectivity index (χ1) is 3.80. The molecule has 0 bridgehead atoms. The van der Waals surface area contributed by atoms with Crippen LogP contribution in [-0.2, 0) is 0 Å². The van der Waals surface area contributed by atoms with E-state index in [2.05, 4.69) is 27.5 Å². The predicted octanol–water partition coefficient (Wildman–Crippen LogP) is 2.07. The Morgan fingerprint density at radius 1 is 1.75 bits per heavy atom. The summed E-state index contributed by atoms with van der Waals surface area (Å²) >= 11 is 3.27. The van der Waals surface area contributed by atoms with E-state index in [9.17, 15) is 0 Å². The molecule has 8 heavy (non-hydrogen) atoms. The van der Waals surface area contributed by atoms with E-state index < -0.39 is 0 Å². The fourth-order valence-corrected chi connectivity index (χ4v) is 0.673. The second kappa shape index (κ2) is 2.18. The third-order valence-corrected chi connectivity index (χ3v) is 1.56. The Labute approximate surface area is 56.9 Å². The van der Waals surface area contributed by atoms with E-state index in [0.29, 0.717) is 0 Å². The van der Waals surface area contributed by atoms with E-state index in [1.165, 1.54) is 0 Å². The van der Waals surface area contributed by atoms with Crippen molar-refractivity contribution in [3.8, 4) is 0 Å². The van der Waals surface area contributed by atoms with Crippen LogP contribution in [0.25, 0.3) is 0 Å². The molecule has 0 aromatic carbocycles. The lowest BCUT2D eigenvalue weighted by Gasteiger charge is -1.95. The molecule has 0 saturated carbocycles. The Bertz CT molecular complexity index is 158. The predicted molar refractivity (Wildman–Crippen MR) is 38.9 cm³/mol. The highest BCUT2D eigenvalue weighted by Gasteiger charge is 2.12. The zero-order chi connectivity index (χ0) is 5.98. The van der Waals surface area contributed by atoms with Crippen molar-refractivity contribution in [1.82, 2.24) is 0 Å². The van der Waals surface area contributed by atoms with Gasteiger partial charge in [-0.2, -0.15) is 0 Å². The van der Waals surface area contributed by atoms with Gasteiger partial charge in [-0.25, -0.2) is 4.99 Å². The third-order valence-electron chi connectivity index (χ3n) is 0.835. The smallest absolute Gasteiger partial charge is 0.180 e. The molecule has 0 radical (unpaired) electrons. The zero-order valence-corrected chi connectivity index (χ0v) is 5.85. The van der Waals surface area contributed by atoms with Crippen LogP contribution in [-0.4, -0.2) is 6.21 Å². The summed E-state index contributed by atoms with van der Waals surface area (Å²) in [4.78, 5) is 4.88. The zero-order valence-electron chi connectivity index (χ0n) is 4.26. The van der Waals surface area contributed by atoms with E-state index in [1.54, 1.807) is 6.21 Å². The third kappa shape index (κ3) is 1.01. The second-order valence-corrected chi connectivity index (χ2v) is 2.29. The number of hydrogen-bond donors (Lipinski definition) is 0. The molecule has 0 spiro atoms. The average Bonchev–Trinajstić information content (AvgIpc) is 1.77. The number of nitrogens with zero attached hydrogens (tertiary/aromatic N) is 1. The van der Waals surface area contributed by atoms with E-state index in [4.69, 9.17) is 0 Å². The maximum atomic E-state index is 3.92. The van der Waals surface area contributed by atoms with Crippen molar-refractivity contribution < 1.29 is 0 Å². The molecule has 0 atom stereocenters. The SMILES string of the molecule is C=C1N=CC=C[C+]1Br. The summed E-state index contributed by atoms with van der Waals surface area (Å²) in [6, 6.07) is 0. The van der Waals surface area contributed by atoms with Gasteiger partial charge >= 0.3 is 0 Å². The maximum Gasteiger partial charge on any atom is 0.180 e. The Morgan fingerprint density at radius 2 is 2.50 bits per heavy atom. The first-order valence-corrected chi connectivity index (χ1v) is 3.02. The van der Waals surface area contributed by atoms with Gasteiger partial charge in [0.15, 0.2) is 5.70 Å². The molecule has 1 aliphatic rings. The summed E-state index contributed by atoms with van der Waals surface area (Å²) in [7, 11) is 0. The van der Waals surface area contributed by atoms with Crippen LogP contribution in [0.1, 0.15) is 0 Å². The molecular formula is C6H5BrN+. The summed E-state index contributed by atoms with van der Waals surface area (Å²) in [5, 5.41) is 0. The first kappa shape index (κ1) is 5.63. The van der Waals surface area contributed by atoms with Gasteiger partial charge in [0.25, 0.3) is 0 Å². The maximum absolute atomic E-state index is 3.92. The van der Waals surface area contributed by atoms with Crippen LogP contribution >= 0.6 is 15.9 Å². The van der Waals surface area contributed by atoms with Crippen molar-refractivity contribution in [3.63, 3.8) is 0 Å². The van der Waals surface area contributed by atoms with Crippen LogP contribution in [0.2, 0.25) is 0 Å². The van der Waals surface area contributed by atoms with E-state index in [1.807, 2.05) is 12.2 Å². The van der Waals surface area contributed by atoms with Crippen molar-refractivity contribution in [1.29, 1.82) is 0 Å². The number of allylic oxidation sites excluding steroid dienone is 2. The molecule has 0 N–H and O–H groups in total. The molecule has 0 unspecified atom stereocenters. The molecule has 0 saturated heterocycles. The van der Waals surface area contributed by atoms with Gasteiger partial charge in [-0.1, -0.05) is 0 Å². The van der Waals surface area contributed by atoms with Crippen molar-refractivity contribution >= 4 is 22.1 Å². The van der Waals surface area contributed by atoms with Crippen molar-refractivity contribution in [2.45, 2.75) is 0 Å². The van der Waals surface area contributed by atoms with E-state index in [-0.39, 0.29) is 0 Å². The van der Waals surface area contributed by atoms with Gasteiger partial charge in [0.2, 0.25) is 0 Å². The Hall–Kier alpha value is -0.500. The molecule has 0 fully saturated rings. The highest BCUT2D eigenvalue weighted by molar-refractivity contribution is 9.11. The van der Waals surface area contributed by atoms with Gasteiger partial charge in [0.05, 0.1) is 12.3 Å². The van der Waals surface area contributed by atoms with Gasteiger partial charge in [-0.3, -0.25) is 0 Å². The molecule has 1 nitrogen and oxygen atoms in total. The number of dihydropyridines is 1. The van der Waals surface area contributed by atoms with Gasteiger partial charge in [0, 0.05) is 28.6 Å². The van der Waals surface area contributed by atoms with Crippen LogP contribution in [0.3, 0.4) is 0 Å². The van der Waals surface area contributed by atoms with E-state index in [0.717, 1.165) is 10.5 Å². The molecule has 2 heteroatoms. The topological polar surface area (TPSA) is 12.4 Å². The van der Waals surface area contributed by atoms with Gasteiger partial charge < -0.3 is 0 Å². The van der Waals surface area contributed by atoms with Gasteiger partial charge in [-0.05, 0) is 0 Å². The minimum absolute atomic E-state index is 0.785. The summed E-state index contributed by atoms with van der Waals surface area (Å²) < 4.78 is 0. The van der Waals surface area contributed by atoms with Gasteiger partial charge in [-0.15, -0.1) is 0 Å². The molecule has 40 valence electrons. The lowest BCUT2D eigenvalue weighted by molar-refractivity contribution is 1.34. The Balaban J connectivity index is 2.74. The molecule has 0 aromatic heterocycles. The normalized spacial score (nSPS) is 17.6. The quantitative estimate of drug-likeness (QED) is 0.494. The molecule has 0 aliphatic carbocycles. The summed E-state index contributed by atoms with van der Waals surface area (Å²) in [5.74, 6) is 0. The lowest BCUT2D eigenvalue weighted by atomic mass is 10.3. The van der Waals surface area contributed by atoms with E-state index >= 15 is 0 Å². The Kier molecular flexibility index (Phi) is 1.53. The minimum atomic E-state index is 0.785. The second-order valence-electron chi connectivity index (χ2n) is 1.43. The average molecular weight is 171 g/mol. The highest BCUT2D eigenvalue weighted by atomic mass is 79.9. The number of rotatable bonds is 0. The Morgan fingerprint density at radius 3 is 2.88 bits per heavy atom. The minimum Gasteiger partial charge on any atom is -0.215 e. The monoisotopic (exact) mass is 170 g/mol. The van der Waals surface area contributed by atoms with Crippen molar-refractivity contribution in [2.24, 2.45) is 4.99 Å². The number of halogens is 1. The molecular weight excluding hydrogens is 166 g/mol. The molecule has 0 amide bonds. The molecule has 1 rings (SSSR count). The first-order valence-electron chi connectivity index (χ1n) is 2.23. The summed E-state index contributed by atoms with van der Waals surface area (Å²) in [6.07, 6.45) is 5.49. The fraction of sp³-hybridized carbons (Fsp3) is 0. The number of aliphatic imine (C=N–C) groups is 1. The van der Waals surface area contributed by atoms with Crippen LogP contribution < -0.4 is 0 Å². The molecule has 1 aliphatic heterocycles. The lowest BCUT2D eigenvalue weighted by Crippen LogP contribution is -1.89. The van der Waals surface area contributed by atoms with Crippen LogP contribution in [0, 0.1) is 4.83 Å². The largest absolute Gasteiger partial charge is 0.215 e. The summed E-state index contributed by atoms with van der Waals surface area (Å²) in [5.41, 5.74) is 0.785. The summed E-state index contributed by atoms with van der Waals surface area (Å²) in [6.45, 7) is 3.66. The fourth-order valence-electron chi connectivity index (χ4n) is 0.418.